The molecule has 3 aromatic rings. The van der Waals surface area contributed by atoms with Crippen LogP contribution < -0.4 is 5.32 Å². The van der Waals surface area contributed by atoms with E-state index in [0.29, 0.717) is 12.8 Å². The van der Waals surface area contributed by atoms with Crippen molar-refractivity contribution < 1.29 is 4.79 Å². The van der Waals surface area contributed by atoms with Gasteiger partial charge >= 0.3 is 0 Å². The van der Waals surface area contributed by atoms with Crippen molar-refractivity contribution in [3.05, 3.63) is 64.1 Å². The molecular formula is C20H19ClN2OS. The minimum absolute atomic E-state index is 0.0916. The monoisotopic (exact) mass is 370 g/mol. The fraction of sp³-hybridized carbons (Fsp3) is 0.300. The van der Waals surface area contributed by atoms with Gasteiger partial charge in [-0.1, -0.05) is 35.9 Å². The number of thiazole rings is 1. The lowest BCUT2D eigenvalue weighted by molar-refractivity contribution is -0.124. The normalized spacial score (nSPS) is 15.7. The molecule has 1 aromatic heterocycles. The molecule has 4 rings (SSSR count). The number of hydrogen-bond acceptors (Lipinski definition) is 3. The van der Waals surface area contributed by atoms with Gasteiger partial charge in [-0.2, -0.15) is 0 Å². The summed E-state index contributed by atoms with van der Waals surface area (Å²) >= 11 is 7.66. The zero-order valence-electron chi connectivity index (χ0n) is 13.8. The van der Waals surface area contributed by atoms with E-state index in [1.807, 2.05) is 42.5 Å². The maximum Gasteiger partial charge on any atom is 0.221 e. The molecule has 3 nitrogen and oxygen atoms in total. The smallest absolute Gasteiger partial charge is 0.221 e. The average Bonchev–Trinajstić information content (AvgIpc) is 3.00. The van der Waals surface area contributed by atoms with Crippen molar-refractivity contribution in [1.29, 1.82) is 0 Å². The zero-order valence-corrected chi connectivity index (χ0v) is 15.4. The topological polar surface area (TPSA) is 42.0 Å². The zero-order chi connectivity index (χ0) is 17.3. The molecule has 1 heterocycles. The standard InChI is InChI=1S/C20H19ClN2OS/c21-15-8-6-14(7-9-15)20(12-3-13-20)23-18(24)10-11-19-22-16-4-1-2-5-17(16)25-19/h1-2,4-9H,3,10-13H2,(H,23,24). The summed E-state index contributed by atoms with van der Waals surface area (Å²) < 4.78 is 1.18. The summed E-state index contributed by atoms with van der Waals surface area (Å²) in [6, 6.07) is 15.9. The summed E-state index contributed by atoms with van der Waals surface area (Å²) in [4.78, 5) is 17.1. The summed E-state index contributed by atoms with van der Waals surface area (Å²) in [6.45, 7) is 0. The van der Waals surface area contributed by atoms with Crippen LogP contribution in [0.25, 0.3) is 10.2 Å². The van der Waals surface area contributed by atoms with Crippen LogP contribution in [-0.4, -0.2) is 10.9 Å². The van der Waals surface area contributed by atoms with Gasteiger partial charge in [0.05, 0.1) is 20.8 Å². The number of fused-ring (bicyclic) bond motifs is 1. The molecule has 1 N–H and O–H groups in total. The lowest BCUT2D eigenvalue weighted by atomic mass is 9.71. The predicted octanol–water partition coefficient (Wildman–Crippen LogP) is 5.08. The van der Waals surface area contributed by atoms with E-state index in [2.05, 4.69) is 16.4 Å². The molecule has 2 aromatic carbocycles. The number of benzene rings is 2. The highest BCUT2D eigenvalue weighted by molar-refractivity contribution is 7.18. The average molecular weight is 371 g/mol. The fourth-order valence-corrected chi connectivity index (χ4v) is 4.45. The second kappa shape index (κ2) is 6.77. The highest BCUT2D eigenvalue weighted by atomic mass is 35.5. The van der Waals surface area contributed by atoms with E-state index in [1.54, 1.807) is 11.3 Å². The molecule has 1 saturated carbocycles. The van der Waals surface area contributed by atoms with Crippen molar-refractivity contribution in [2.75, 3.05) is 0 Å². The van der Waals surface area contributed by atoms with Crippen LogP contribution in [0.4, 0.5) is 0 Å². The number of rotatable bonds is 5. The molecule has 1 aliphatic rings. The molecular weight excluding hydrogens is 352 g/mol. The number of nitrogens with one attached hydrogen (secondary N) is 1. The van der Waals surface area contributed by atoms with Crippen molar-refractivity contribution in [2.24, 2.45) is 0 Å². The molecule has 0 aliphatic heterocycles. The molecule has 1 aliphatic carbocycles. The largest absolute Gasteiger partial charge is 0.347 e. The highest BCUT2D eigenvalue weighted by Crippen LogP contribution is 2.41. The Balaban J connectivity index is 1.41. The molecule has 0 radical (unpaired) electrons. The van der Waals surface area contributed by atoms with E-state index in [0.717, 1.165) is 40.4 Å². The number of aromatic nitrogens is 1. The Labute approximate surface area is 156 Å². The molecule has 1 amide bonds. The molecule has 1 fully saturated rings. The molecule has 5 heteroatoms. The molecule has 0 spiro atoms. The lowest BCUT2D eigenvalue weighted by Crippen LogP contribution is -2.50. The van der Waals surface area contributed by atoms with Crippen LogP contribution in [0.3, 0.4) is 0 Å². The van der Waals surface area contributed by atoms with E-state index in [-0.39, 0.29) is 11.4 Å². The predicted molar refractivity (Wildman–Crippen MR) is 103 cm³/mol. The Kier molecular flexibility index (Phi) is 4.48. The molecule has 0 bridgehead atoms. The van der Waals surface area contributed by atoms with Crippen LogP contribution >= 0.6 is 22.9 Å². The summed E-state index contributed by atoms with van der Waals surface area (Å²) in [5, 5.41) is 5.01. The van der Waals surface area contributed by atoms with Gasteiger partial charge in [-0.05, 0) is 49.1 Å². The second-order valence-electron chi connectivity index (χ2n) is 6.57. The van der Waals surface area contributed by atoms with E-state index in [4.69, 9.17) is 11.6 Å². The highest BCUT2D eigenvalue weighted by Gasteiger charge is 2.39. The first-order valence-electron chi connectivity index (χ1n) is 8.56. The number of aryl methyl sites for hydroxylation is 1. The van der Waals surface area contributed by atoms with Gasteiger partial charge in [0.25, 0.3) is 0 Å². The summed E-state index contributed by atoms with van der Waals surface area (Å²) in [5.41, 5.74) is 1.95. The first-order valence-corrected chi connectivity index (χ1v) is 9.76. The molecule has 0 atom stereocenters. The first kappa shape index (κ1) is 16.6. The number of nitrogens with zero attached hydrogens (tertiary/aromatic N) is 1. The minimum atomic E-state index is -0.213. The Hall–Kier alpha value is -1.91. The van der Waals surface area contributed by atoms with Gasteiger partial charge in [-0.15, -0.1) is 11.3 Å². The summed E-state index contributed by atoms with van der Waals surface area (Å²) in [6.07, 6.45) is 4.26. The van der Waals surface area contributed by atoms with Gasteiger partial charge in [0.15, 0.2) is 0 Å². The maximum atomic E-state index is 12.5. The van der Waals surface area contributed by atoms with Crippen LogP contribution in [0.2, 0.25) is 5.02 Å². The number of amides is 1. The SMILES string of the molecule is O=C(CCc1nc2ccccc2s1)NC1(c2ccc(Cl)cc2)CCC1. The van der Waals surface area contributed by atoms with Crippen LogP contribution in [-0.2, 0) is 16.8 Å². The van der Waals surface area contributed by atoms with Crippen molar-refractivity contribution >= 4 is 39.1 Å². The third-order valence-electron chi connectivity index (χ3n) is 4.89. The van der Waals surface area contributed by atoms with Crippen LogP contribution in [0.15, 0.2) is 48.5 Å². The number of carbonyl (C=O) groups excluding carboxylic acids is 1. The number of hydrogen-bond donors (Lipinski definition) is 1. The van der Waals surface area contributed by atoms with Crippen LogP contribution in [0.1, 0.15) is 36.3 Å². The maximum absolute atomic E-state index is 12.5. The van der Waals surface area contributed by atoms with E-state index >= 15 is 0 Å². The van der Waals surface area contributed by atoms with Crippen LogP contribution in [0.5, 0.6) is 0 Å². The fourth-order valence-electron chi connectivity index (χ4n) is 3.36. The van der Waals surface area contributed by atoms with Crippen molar-refractivity contribution in [1.82, 2.24) is 10.3 Å². The number of halogens is 1. The van der Waals surface area contributed by atoms with Crippen LogP contribution in [0, 0.1) is 0 Å². The van der Waals surface area contributed by atoms with Gasteiger partial charge in [0.2, 0.25) is 5.91 Å². The number of para-hydroxylation sites is 1. The quantitative estimate of drug-likeness (QED) is 0.680. The summed E-state index contributed by atoms with van der Waals surface area (Å²) in [7, 11) is 0. The third-order valence-corrected chi connectivity index (χ3v) is 6.23. The van der Waals surface area contributed by atoms with Gasteiger partial charge in [-0.25, -0.2) is 4.98 Å². The Morgan fingerprint density at radius 2 is 1.92 bits per heavy atom. The second-order valence-corrected chi connectivity index (χ2v) is 8.12. The molecule has 25 heavy (non-hydrogen) atoms. The third kappa shape index (κ3) is 3.42. The lowest BCUT2D eigenvalue weighted by Gasteiger charge is -2.43. The van der Waals surface area contributed by atoms with Crippen molar-refractivity contribution in [3.8, 4) is 0 Å². The van der Waals surface area contributed by atoms with Gasteiger partial charge in [-0.3, -0.25) is 4.79 Å². The molecule has 0 unspecified atom stereocenters. The van der Waals surface area contributed by atoms with Crippen molar-refractivity contribution in [2.45, 2.75) is 37.6 Å². The summed E-state index contributed by atoms with van der Waals surface area (Å²) in [5.74, 6) is 0.0916. The van der Waals surface area contributed by atoms with Gasteiger partial charge in [0, 0.05) is 17.9 Å². The van der Waals surface area contributed by atoms with Crippen molar-refractivity contribution in [3.63, 3.8) is 0 Å². The van der Waals surface area contributed by atoms with Gasteiger partial charge in [0.1, 0.15) is 0 Å². The number of carbonyl (C=O) groups is 1. The first-order chi connectivity index (χ1) is 12.1. The van der Waals surface area contributed by atoms with Gasteiger partial charge < -0.3 is 5.32 Å². The Morgan fingerprint density at radius 3 is 2.60 bits per heavy atom. The van der Waals surface area contributed by atoms with E-state index < -0.39 is 0 Å². The van der Waals surface area contributed by atoms with E-state index in [1.165, 1.54) is 4.70 Å². The molecule has 0 saturated heterocycles. The Morgan fingerprint density at radius 1 is 1.16 bits per heavy atom. The molecule has 128 valence electrons. The Bertz CT molecular complexity index is 866. The minimum Gasteiger partial charge on any atom is -0.347 e. The van der Waals surface area contributed by atoms with E-state index in [9.17, 15) is 4.79 Å².